The van der Waals surface area contributed by atoms with Crippen LogP contribution in [0.4, 0.5) is 4.79 Å². The number of nitrogens with one attached hydrogen (secondary N) is 1. The van der Waals surface area contributed by atoms with Crippen molar-refractivity contribution in [2.75, 3.05) is 7.05 Å². The van der Waals surface area contributed by atoms with E-state index in [9.17, 15) is 14.4 Å². The number of benzene rings is 2. The lowest BCUT2D eigenvalue weighted by Gasteiger charge is -2.16. The summed E-state index contributed by atoms with van der Waals surface area (Å²) in [7, 11) is 1.80. The number of amides is 3. The Morgan fingerprint density at radius 3 is 2.43 bits per heavy atom. The van der Waals surface area contributed by atoms with Crippen LogP contribution in [0.25, 0.3) is 17.2 Å². The van der Waals surface area contributed by atoms with Gasteiger partial charge < -0.3 is 4.90 Å². The van der Waals surface area contributed by atoms with Crippen molar-refractivity contribution in [3.8, 4) is 11.1 Å². The van der Waals surface area contributed by atoms with Crippen LogP contribution in [0, 0.1) is 0 Å². The summed E-state index contributed by atoms with van der Waals surface area (Å²) in [6.45, 7) is 0.545. The SMILES string of the molecule is CN(Cc1cc(-c2ccc(/C=C3/SC(=O)NC3=O)cc2)cs1)C(=O)c1ccccc1. The van der Waals surface area contributed by atoms with Gasteiger partial charge in [-0.25, -0.2) is 0 Å². The summed E-state index contributed by atoms with van der Waals surface area (Å²) in [5, 5.41) is 3.98. The Hall–Kier alpha value is -3.16. The maximum Gasteiger partial charge on any atom is 0.290 e. The number of hydrogen-bond acceptors (Lipinski definition) is 5. The smallest absolute Gasteiger partial charge is 0.290 e. The molecule has 1 aliphatic rings. The average molecular weight is 435 g/mol. The zero-order valence-corrected chi connectivity index (χ0v) is 17.8. The van der Waals surface area contributed by atoms with E-state index in [4.69, 9.17) is 0 Å². The van der Waals surface area contributed by atoms with Crippen LogP contribution in [0.15, 0.2) is 70.9 Å². The van der Waals surface area contributed by atoms with Crippen molar-refractivity contribution >= 4 is 46.2 Å². The molecule has 0 aliphatic carbocycles. The summed E-state index contributed by atoms with van der Waals surface area (Å²) in [5.41, 5.74) is 3.67. The van der Waals surface area contributed by atoms with E-state index in [0.29, 0.717) is 17.0 Å². The number of rotatable bonds is 5. The molecule has 30 heavy (non-hydrogen) atoms. The molecule has 1 saturated heterocycles. The molecule has 3 aromatic rings. The molecular weight excluding hydrogens is 416 g/mol. The van der Waals surface area contributed by atoms with E-state index in [2.05, 4.69) is 16.8 Å². The lowest BCUT2D eigenvalue weighted by atomic mass is 10.1. The van der Waals surface area contributed by atoms with Crippen LogP contribution in [0.1, 0.15) is 20.8 Å². The molecular formula is C23H18N2O3S2. The third kappa shape index (κ3) is 4.53. The lowest BCUT2D eigenvalue weighted by molar-refractivity contribution is -0.115. The van der Waals surface area contributed by atoms with Crippen LogP contribution >= 0.6 is 23.1 Å². The minimum atomic E-state index is -0.356. The number of carbonyl (C=O) groups excluding carboxylic acids is 3. The molecule has 0 radical (unpaired) electrons. The van der Waals surface area contributed by atoms with E-state index >= 15 is 0 Å². The molecule has 0 saturated carbocycles. The summed E-state index contributed by atoms with van der Waals surface area (Å²) >= 11 is 2.53. The first-order valence-electron chi connectivity index (χ1n) is 9.23. The predicted molar refractivity (Wildman–Crippen MR) is 121 cm³/mol. The van der Waals surface area contributed by atoms with Crippen molar-refractivity contribution < 1.29 is 14.4 Å². The van der Waals surface area contributed by atoms with Crippen molar-refractivity contribution in [2.45, 2.75) is 6.54 Å². The van der Waals surface area contributed by atoms with E-state index in [1.165, 1.54) is 0 Å². The topological polar surface area (TPSA) is 66.5 Å². The van der Waals surface area contributed by atoms with E-state index in [-0.39, 0.29) is 17.1 Å². The minimum absolute atomic E-state index is 0.00441. The molecule has 1 aromatic heterocycles. The van der Waals surface area contributed by atoms with Crippen molar-refractivity contribution in [2.24, 2.45) is 0 Å². The molecule has 7 heteroatoms. The monoisotopic (exact) mass is 434 g/mol. The van der Waals surface area contributed by atoms with Gasteiger partial charge in [0.05, 0.1) is 11.4 Å². The molecule has 0 spiro atoms. The van der Waals surface area contributed by atoms with Crippen molar-refractivity contribution in [1.29, 1.82) is 0 Å². The van der Waals surface area contributed by atoms with E-state index < -0.39 is 0 Å². The molecule has 1 aliphatic heterocycles. The number of hydrogen-bond donors (Lipinski definition) is 1. The van der Waals surface area contributed by atoms with Crippen LogP contribution in [0.5, 0.6) is 0 Å². The van der Waals surface area contributed by atoms with Gasteiger partial charge in [-0.15, -0.1) is 11.3 Å². The molecule has 150 valence electrons. The van der Waals surface area contributed by atoms with Gasteiger partial charge in [-0.2, -0.15) is 0 Å². The van der Waals surface area contributed by atoms with Gasteiger partial charge in [0.2, 0.25) is 0 Å². The Kier molecular flexibility index (Phi) is 5.83. The molecule has 2 heterocycles. The first-order valence-corrected chi connectivity index (χ1v) is 10.9. The van der Waals surface area contributed by atoms with Gasteiger partial charge in [-0.05, 0) is 58.1 Å². The normalized spacial score (nSPS) is 14.8. The average Bonchev–Trinajstić information content (AvgIpc) is 3.34. The van der Waals surface area contributed by atoms with Gasteiger partial charge in [-0.1, -0.05) is 42.5 Å². The van der Waals surface area contributed by atoms with Crippen LogP contribution in [0.3, 0.4) is 0 Å². The van der Waals surface area contributed by atoms with Crippen LogP contribution < -0.4 is 5.32 Å². The zero-order valence-electron chi connectivity index (χ0n) is 16.1. The largest absolute Gasteiger partial charge is 0.337 e. The molecule has 5 nitrogen and oxygen atoms in total. The highest BCUT2D eigenvalue weighted by molar-refractivity contribution is 8.18. The fourth-order valence-electron chi connectivity index (χ4n) is 3.07. The summed E-state index contributed by atoms with van der Waals surface area (Å²) in [4.78, 5) is 38.7. The Labute approximate surface area is 182 Å². The van der Waals surface area contributed by atoms with Gasteiger partial charge in [0, 0.05) is 17.5 Å². The molecule has 3 amide bonds. The van der Waals surface area contributed by atoms with Gasteiger partial charge in [-0.3, -0.25) is 19.7 Å². The van der Waals surface area contributed by atoms with Crippen LogP contribution in [0.2, 0.25) is 0 Å². The van der Waals surface area contributed by atoms with Crippen molar-refractivity contribution in [3.05, 3.63) is 87.0 Å². The Morgan fingerprint density at radius 2 is 1.77 bits per heavy atom. The van der Waals surface area contributed by atoms with Crippen molar-refractivity contribution in [1.82, 2.24) is 10.2 Å². The van der Waals surface area contributed by atoms with Gasteiger partial charge in [0.15, 0.2) is 0 Å². The molecule has 1 fully saturated rings. The summed E-state index contributed by atoms with van der Waals surface area (Å²) in [6.07, 6.45) is 1.71. The first-order chi connectivity index (χ1) is 14.5. The number of nitrogens with zero attached hydrogens (tertiary/aromatic N) is 1. The van der Waals surface area contributed by atoms with Gasteiger partial charge >= 0.3 is 0 Å². The highest BCUT2D eigenvalue weighted by atomic mass is 32.2. The maximum atomic E-state index is 12.5. The fourth-order valence-corrected chi connectivity index (χ4v) is 4.69. The molecule has 0 bridgehead atoms. The number of carbonyl (C=O) groups is 3. The number of imide groups is 1. The second-order valence-corrected chi connectivity index (χ2v) is 8.81. The number of thioether (sulfide) groups is 1. The second-order valence-electron chi connectivity index (χ2n) is 6.80. The number of thiophene rings is 1. The van der Waals surface area contributed by atoms with Crippen molar-refractivity contribution in [3.63, 3.8) is 0 Å². The third-order valence-corrected chi connectivity index (χ3v) is 6.33. The molecule has 4 rings (SSSR count). The Morgan fingerprint density at radius 1 is 1.03 bits per heavy atom. The lowest BCUT2D eigenvalue weighted by Crippen LogP contribution is -2.25. The molecule has 0 atom stereocenters. The maximum absolute atomic E-state index is 12.5. The van der Waals surface area contributed by atoms with E-state index in [1.807, 2.05) is 54.6 Å². The fraction of sp³-hybridized carbons (Fsp3) is 0.0870. The summed E-state index contributed by atoms with van der Waals surface area (Å²) < 4.78 is 0. The van der Waals surface area contributed by atoms with E-state index in [1.54, 1.807) is 29.4 Å². The highest BCUT2D eigenvalue weighted by Gasteiger charge is 2.24. The molecule has 2 aromatic carbocycles. The summed E-state index contributed by atoms with van der Waals surface area (Å²) in [6, 6.07) is 19.1. The Bertz CT molecular complexity index is 1130. The molecule has 1 N–H and O–H groups in total. The second kappa shape index (κ2) is 8.69. The quantitative estimate of drug-likeness (QED) is 0.573. The highest BCUT2D eigenvalue weighted by Crippen LogP contribution is 2.29. The minimum Gasteiger partial charge on any atom is -0.337 e. The molecule has 0 unspecified atom stereocenters. The van der Waals surface area contributed by atoms with Crippen LogP contribution in [-0.4, -0.2) is 29.0 Å². The van der Waals surface area contributed by atoms with Gasteiger partial charge in [0.25, 0.3) is 17.1 Å². The van der Waals surface area contributed by atoms with E-state index in [0.717, 1.165) is 33.3 Å². The standard InChI is InChI=1S/C23H18N2O3S2/c1-25(22(27)17-5-3-2-4-6-17)13-19-12-18(14-29-19)16-9-7-15(8-10-16)11-20-21(26)24-23(28)30-20/h2-12,14H,13H2,1H3,(H,24,26,28)/b20-11+. The van der Waals surface area contributed by atoms with Gasteiger partial charge in [0.1, 0.15) is 0 Å². The predicted octanol–water partition coefficient (Wildman–Crippen LogP) is 5.01. The van der Waals surface area contributed by atoms with Crippen LogP contribution in [-0.2, 0) is 11.3 Å². The Balaban J connectivity index is 1.44. The third-order valence-electron chi connectivity index (χ3n) is 4.60. The zero-order chi connectivity index (χ0) is 21.1. The summed E-state index contributed by atoms with van der Waals surface area (Å²) in [5.74, 6) is -0.360. The first kappa shape index (κ1) is 20.1.